The first-order valence-electron chi connectivity index (χ1n) is 4.83. The van der Waals surface area contributed by atoms with Crippen molar-refractivity contribution in [3.05, 3.63) is 29.1 Å². The Morgan fingerprint density at radius 2 is 2.07 bits per heavy atom. The molecule has 2 nitrogen and oxygen atoms in total. The third kappa shape index (κ3) is 3.07. The van der Waals surface area contributed by atoms with E-state index in [1.165, 1.54) is 7.05 Å². The normalized spacial score (nSPS) is 11.4. The van der Waals surface area contributed by atoms with Gasteiger partial charge in [0.2, 0.25) is 0 Å². The molecule has 0 N–H and O–H groups in total. The minimum Gasteiger partial charge on any atom is -0.258 e. The van der Waals surface area contributed by atoms with Crippen LogP contribution in [0, 0.1) is 6.92 Å². The van der Waals surface area contributed by atoms with E-state index in [4.69, 9.17) is 0 Å². The molecule has 0 aliphatic rings. The topological polar surface area (TPSA) is 16.1 Å². The number of aromatic nitrogens is 1. The maximum atomic E-state index is 12.7. The molecule has 1 rings (SSSR count). The van der Waals surface area contributed by atoms with Crippen molar-refractivity contribution in [3.8, 4) is 0 Å². The lowest BCUT2D eigenvalue weighted by Crippen LogP contribution is -2.07. The Bertz CT molecular complexity index is 308. The lowest BCUT2D eigenvalue weighted by molar-refractivity contribution is 0.0505. The van der Waals surface area contributed by atoms with Crippen LogP contribution in [0.1, 0.15) is 36.7 Å². The second-order valence-corrected chi connectivity index (χ2v) is 3.96. The Hall–Kier alpha value is -0.960. The summed E-state index contributed by atoms with van der Waals surface area (Å²) in [5.74, 6) is 0.388. The Balaban J connectivity index is 2.95. The molecule has 0 unspecified atom stereocenters. The van der Waals surface area contributed by atoms with E-state index in [0.29, 0.717) is 17.6 Å². The first kappa shape index (κ1) is 11.1. The van der Waals surface area contributed by atoms with Gasteiger partial charge in [-0.05, 0) is 30.5 Å². The van der Waals surface area contributed by atoms with Gasteiger partial charge in [0.15, 0.2) is 0 Å². The Morgan fingerprint density at radius 3 is 2.57 bits per heavy atom. The van der Waals surface area contributed by atoms with Gasteiger partial charge in [-0.15, -0.1) is 9.60 Å². The summed E-state index contributed by atoms with van der Waals surface area (Å²) in [6.45, 7) is 6.44. The summed E-state index contributed by atoms with van der Waals surface area (Å²) in [6, 6.07) is 3.88. The second-order valence-electron chi connectivity index (χ2n) is 3.96. The average Bonchev–Trinajstić information content (AvgIpc) is 2.01. The molecular formula is C11H17FN2. The molecular weight excluding hydrogens is 179 g/mol. The van der Waals surface area contributed by atoms with Crippen molar-refractivity contribution in [2.24, 2.45) is 0 Å². The predicted molar refractivity (Wildman–Crippen MR) is 55.6 cm³/mol. The smallest absolute Gasteiger partial charge is 0.0539 e. The summed E-state index contributed by atoms with van der Waals surface area (Å²) in [5, 5.41) is 0.679. The summed E-state index contributed by atoms with van der Waals surface area (Å²) in [5.41, 5.74) is 2.96. The number of aryl methyl sites for hydroxylation is 1. The molecule has 0 aliphatic heterocycles. The van der Waals surface area contributed by atoms with Gasteiger partial charge in [-0.2, -0.15) is 0 Å². The van der Waals surface area contributed by atoms with Crippen LogP contribution in [0.3, 0.4) is 0 Å². The van der Waals surface area contributed by atoms with Gasteiger partial charge >= 0.3 is 0 Å². The largest absolute Gasteiger partial charge is 0.258 e. The van der Waals surface area contributed by atoms with Crippen molar-refractivity contribution in [1.29, 1.82) is 0 Å². The maximum Gasteiger partial charge on any atom is 0.0539 e. The summed E-state index contributed by atoms with van der Waals surface area (Å²) in [4.78, 5) is 4.40. The van der Waals surface area contributed by atoms with Crippen LogP contribution in [0.2, 0.25) is 0 Å². The SMILES string of the molecule is Cc1cc(CN(C)F)cc(C(C)C)n1. The van der Waals surface area contributed by atoms with Gasteiger partial charge in [-0.1, -0.05) is 13.8 Å². The predicted octanol–water partition coefficient (Wildman–Crippen LogP) is 2.83. The van der Waals surface area contributed by atoms with Crippen LogP contribution < -0.4 is 0 Å². The fraction of sp³-hybridized carbons (Fsp3) is 0.545. The highest BCUT2D eigenvalue weighted by atomic mass is 19.2. The van der Waals surface area contributed by atoms with Crippen LogP contribution in [0.4, 0.5) is 4.48 Å². The van der Waals surface area contributed by atoms with Crippen LogP contribution in [0.25, 0.3) is 0 Å². The third-order valence-electron chi connectivity index (χ3n) is 2.02. The van der Waals surface area contributed by atoms with Crippen LogP contribution in [0.15, 0.2) is 12.1 Å². The van der Waals surface area contributed by atoms with Gasteiger partial charge in [0, 0.05) is 18.4 Å². The zero-order valence-corrected chi connectivity index (χ0v) is 9.21. The first-order chi connectivity index (χ1) is 6.49. The van der Waals surface area contributed by atoms with E-state index >= 15 is 0 Å². The first-order valence-corrected chi connectivity index (χ1v) is 4.83. The van der Waals surface area contributed by atoms with Gasteiger partial charge in [0.25, 0.3) is 0 Å². The molecule has 0 aromatic carbocycles. The zero-order chi connectivity index (χ0) is 10.7. The lowest BCUT2D eigenvalue weighted by atomic mass is 10.1. The van der Waals surface area contributed by atoms with Crippen molar-refractivity contribution in [3.63, 3.8) is 0 Å². The zero-order valence-electron chi connectivity index (χ0n) is 9.21. The van der Waals surface area contributed by atoms with E-state index in [2.05, 4.69) is 18.8 Å². The minimum absolute atomic E-state index is 0.322. The fourth-order valence-corrected chi connectivity index (χ4v) is 1.41. The molecule has 0 bridgehead atoms. The molecule has 14 heavy (non-hydrogen) atoms. The Kier molecular flexibility index (Phi) is 3.58. The van der Waals surface area contributed by atoms with Crippen LogP contribution in [-0.2, 0) is 6.54 Å². The number of nitrogens with zero attached hydrogens (tertiary/aromatic N) is 2. The molecule has 0 spiro atoms. The third-order valence-corrected chi connectivity index (χ3v) is 2.02. The molecule has 3 heteroatoms. The molecule has 0 fully saturated rings. The van der Waals surface area contributed by atoms with Gasteiger partial charge in [-0.3, -0.25) is 4.98 Å². The lowest BCUT2D eigenvalue weighted by Gasteiger charge is -2.10. The average molecular weight is 196 g/mol. The molecule has 1 heterocycles. The van der Waals surface area contributed by atoms with Gasteiger partial charge in [0.1, 0.15) is 0 Å². The summed E-state index contributed by atoms with van der Waals surface area (Å²) in [7, 11) is 1.42. The van der Waals surface area contributed by atoms with E-state index in [1.807, 2.05) is 19.1 Å². The molecule has 0 radical (unpaired) electrons. The van der Waals surface area contributed by atoms with Crippen LogP contribution in [0.5, 0.6) is 0 Å². The number of halogens is 1. The van der Waals surface area contributed by atoms with E-state index in [1.54, 1.807) is 0 Å². The summed E-state index contributed by atoms with van der Waals surface area (Å²) in [6.07, 6.45) is 0. The van der Waals surface area contributed by atoms with Gasteiger partial charge in [0.05, 0.1) is 6.54 Å². The summed E-state index contributed by atoms with van der Waals surface area (Å²) < 4.78 is 12.7. The molecule has 78 valence electrons. The van der Waals surface area contributed by atoms with Crippen LogP contribution in [-0.4, -0.2) is 17.2 Å². The van der Waals surface area contributed by atoms with E-state index < -0.39 is 0 Å². The second kappa shape index (κ2) is 4.51. The van der Waals surface area contributed by atoms with E-state index in [9.17, 15) is 4.48 Å². The molecule has 1 aromatic heterocycles. The minimum atomic E-state index is 0.322. The molecule has 0 saturated carbocycles. The Morgan fingerprint density at radius 1 is 1.43 bits per heavy atom. The highest BCUT2D eigenvalue weighted by molar-refractivity contribution is 5.22. The van der Waals surface area contributed by atoms with Crippen molar-refractivity contribution >= 4 is 0 Å². The summed E-state index contributed by atoms with van der Waals surface area (Å²) >= 11 is 0. The highest BCUT2D eigenvalue weighted by Crippen LogP contribution is 2.15. The fourth-order valence-electron chi connectivity index (χ4n) is 1.41. The van der Waals surface area contributed by atoms with Crippen molar-refractivity contribution < 1.29 is 4.48 Å². The van der Waals surface area contributed by atoms with Gasteiger partial charge < -0.3 is 0 Å². The van der Waals surface area contributed by atoms with Crippen molar-refractivity contribution in [1.82, 2.24) is 10.1 Å². The number of rotatable bonds is 3. The number of hydrogen-bond acceptors (Lipinski definition) is 2. The Labute approximate surface area is 84.7 Å². The van der Waals surface area contributed by atoms with E-state index in [-0.39, 0.29) is 0 Å². The molecule has 0 amide bonds. The van der Waals surface area contributed by atoms with Gasteiger partial charge in [-0.25, -0.2) is 0 Å². The molecule has 0 atom stereocenters. The quantitative estimate of drug-likeness (QED) is 0.691. The molecule has 0 aliphatic carbocycles. The van der Waals surface area contributed by atoms with Crippen molar-refractivity contribution in [2.75, 3.05) is 7.05 Å². The standard InChI is InChI=1S/C11H17FN2/c1-8(2)11-6-10(7-14(4)12)5-9(3)13-11/h5-6,8H,7H2,1-4H3. The highest BCUT2D eigenvalue weighted by Gasteiger charge is 2.05. The van der Waals surface area contributed by atoms with Crippen molar-refractivity contribution in [2.45, 2.75) is 33.2 Å². The monoisotopic (exact) mass is 196 g/mol. The molecule has 0 saturated heterocycles. The van der Waals surface area contributed by atoms with E-state index in [0.717, 1.165) is 17.0 Å². The number of pyridine rings is 1. The maximum absolute atomic E-state index is 12.7. The van der Waals surface area contributed by atoms with Crippen LogP contribution >= 0.6 is 0 Å². The number of hydrogen-bond donors (Lipinski definition) is 0. The molecule has 1 aromatic rings.